The van der Waals surface area contributed by atoms with Gasteiger partial charge >= 0.3 is 5.97 Å². The number of rotatable bonds is 2. The summed E-state index contributed by atoms with van der Waals surface area (Å²) in [5, 5.41) is 12.4. The smallest absolute Gasteiger partial charge is 0.307 e. The van der Waals surface area contributed by atoms with Crippen molar-refractivity contribution in [2.45, 2.75) is 6.42 Å². The van der Waals surface area contributed by atoms with Crippen molar-refractivity contribution < 1.29 is 9.90 Å². The summed E-state index contributed by atoms with van der Waals surface area (Å²) in [6, 6.07) is 0. The summed E-state index contributed by atoms with van der Waals surface area (Å²) >= 11 is 7.04. The minimum absolute atomic E-state index is 0.0162. The molecular weight excluding hydrogens is 172 g/mol. The van der Waals surface area contributed by atoms with Crippen LogP contribution in [0.1, 0.15) is 5.56 Å². The molecule has 0 aliphatic carbocycles. The van der Waals surface area contributed by atoms with Crippen molar-refractivity contribution in [1.82, 2.24) is 0 Å². The topological polar surface area (TPSA) is 37.3 Å². The van der Waals surface area contributed by atoms with Crippen LogP contribution < -0.4 is 0 Å². The van der Waals surface area contributed by atoms with Crippen LogP contribution in [0.3, 0.4) is 0 Å². The second-order valence-electron chi connectivity index (χ2n) is 1.82. The standard InChI is InChI=1S/C6H5ClO2S/c7-5-3-10-2-4(5)1-6(8)9/h2-3H,1H2,(H,8,9). The Labute approximate surface area is 67.1 Å². The van der Waals surface area contributed by atoms with Gasteiger partial charge in [0.1, 0.15) is 0 Å². The van der Waals surface area contributed by atoms with Crippen molar-refractivity contribution in [3.63, 3.8) is 0 Å². The molecule has 0 amide bonds. The Balaban J connectivity index is 2.74. The monoisotopic (exact) mass is 176 g/mol. The third kappa shape index (κ3) is 1.72. The van der Waals surface area contributed by atoms with E-state index in [1.807, 2.05) is 0 Å². The molecule has 4 heteroatoms. The molecular formula is C6H5ClO2S. The van der Waals surface area contributed by atoms with E-state index < -0.39 is 5.97 Å². The number of aliphatic carboxylic acids is 1. The van der Waals surface area contributed by atoms with Crippen LogP contribution in [0.25, 0.3) is 0 Å². The molecule has 0 unspecified atom stereocenters. The molecule has 0 fully saturated rings. The van der Waals surface area contributed by atoms with E-state index in [0.717, 1.165) is 0 Å². The first-order chi connectivity index (χ1) is 4.70. The predicted octanol–water partition coefficient (Wildman–Crippen LogP) is 2.03. The Morgan fingerprint density at radius 2 is 2.40 bits per heavy atom. The van der Waals surface area contributed by atoms with Crippen molar-refractivity contribution in [1.29, 1.82) is 0 Å². The first kappa shape index (κ1) is 7.57. The molecule has 10 heavy (non-hydrogen) atoms. The number of carboxylic acids is 1. The summed E-state index contributed by atoms with van der Waals surface area (Å²) < 4.78 is 0. The molecule has 0 atom stereocenters. The molecule has 0 saturated carbocycles. The lowest BCUT2D eigenvalue weighted by Gasteiger charge is -1.89. The van der Waals surface area contributed by atoms with Gasteiger partial charge in [-0.1, -0.05) is 11.6 Å². The Kier molecular flexibility index (Phi) is 2.29. The van der Waals surface area contributed by atoms with Crippen LogP contribution in [0.15, 0.2) is 10.8 Å². The second kappa shape index (κ2) is 3.03. The van der Waals surface area contributed by atoms with Crippen molar-refractivity contribution in [2.75, 3.05) is 0 Å². The third-order valence-electron chi connectivity index (χ3n) is 1.03. The minimum atomic E-state index is -0.847. The first-order valence-electron chi connectivity index (χ1n) is 2.62. The van der Waals surface area contributed by atoms with Gasteiger partial charge in [-0.05, 0) is 10.9 Å². The van der Waals surface area contributed by atoms with Gasteiger partial charge in [-0.2, -0.15) is 11.3 Å². The number of carbonyl (C=O) groups is 1. The van der Waals surface area contributed by atoms with Crippen molar-refractivity contribution in [3.05, 3.63) is 21.3 Å². The molecule has 1 aromatic rings. The van der Waals surface area contributed by atoms with Gasteiger partial charge in [0.2, 0.25) is 0 Å². The molecule has 0 aliphatic rings. The first-order valence-corrected chi connectivity index (χ1v) is 3.94. The zero-order valence-corrected chi connectivity index (χ0v) is 6.58. The SMILES string of the molecule is O=C(O)Cc1cscc1Cl. The van der Waals surface area contributed by atoms with E-state index >= 15 is 0 Å². The molecule has 1 aromatic heterocycles. The average molecular weight is 177 g/mol. The predicted molar refractivity (Wildman–Crippen MR) is 40.7 cm³/mol. The van der Waals surface area contributed by atoms with Gasteiger partial charge in [-0.3, -0.25) is 4.79 Å². The fourth-order valence-corrected chi connectivity index (χ4v) is 1.65. The van der Waals surface area contributed by atoms with E-state index in [1.165, 1.54) is 11.3 Å². The summed E-state index contributed by atoms with van der Waals surface area (Å²) in [7, 11) is 0. The van der Waals surface area contributed by atoms with Gasteiger partial charge in [0.15, 0.2) is 0 Å². The lowest BCUT2D eigenvalue weighted by molar-refractivity contribution is -0.136. The molecule has 1 heterocycles. The molecule has 1 N–H and O–H groups in total. The summed E-state index contributed by atoms with van der Waals surface area (Å²) in [5.74, 6) is -0.847. The Morgan fingerprint density at radius 1 is 1.70 bits per heavy atom. The molecule has 0 aliphatic heterocycles. The van der Waals surface area contributed by atoms with Crippen LogP contribution in [0, 0.1) is 0 Å². The zero-order valence-electron chi connectivity index (χ0n) is 5.00. The molecule has 54 valence electrons. The van der Waals surface area contributed by atoms with Crippen molar-refractivity contribution in [3.8, 4) is 0 Å². The van der Waals surface area contributed by atoms with Crippen LogP contribution in [0.4, 0.5) is 0 Å². The van der Waals surface area contributed by atoms with Crippen LogP contribution in [0.2, 0.25) is 5.02 Å². The van der Waals surface area contributed by atoms with Gasteiger partial charge < -0.3 is 5.11 Å². The fraction of sp³-hybridized carbons (Fsp3) is 0.167. The highest BCUT2D eigenvalue weighted by Crippen LogP contribution is 2.20. The molecule has 1 rings (SSSR count). The Bertz CT molecular complexity index is 244. The molecule has 0 spiro atoms. The lowest BCUT2D eigenvalue weighted by Crippen LogP contribution is -1.98. The minimum Gasteiger partial charge on any atom is -0.481 e. The Hall–Kier alpha value is -0.540. The molecule has 0 radical (unpaired) electrons. The van der Waals surface area contributed by atoms with Gasteiger partial charge in [-0.25, -0.2) is 0 Å². The largest absolute Gasteiger partial charge is 0.481 e. The van der Waals surface area contributed by atoms with Crippen molar-refractivity contribution >= 4 is 28.9 Å². The summed E-state index contributed by atoms with van der Waals surface area (Å²) in [6.07, 6.45) is 0.0162. The normalized spacial score (nSPS) is 9.70. The molecule has 0 aromatic carbocycles. The van der Waals surface area contributed by atoms with Gasteiger partial charge in [-0.15, -0.1) is 0 Å². The molecule has 2 nitrogen and oxygen atoms in total. The molecule has 0 bridgehead atoms. The van der Waals surface area contributed by atoms with Gasteiger partial charge in [0.25, 0.3) is 0 Å². The second-order valence-corrected chi connectivity index (χ2v) is 2.97. The summed E-state index contributed by atoms with van der Waals surface area (Å²) in [5.41, 5.74) is 0.694. The van der Waals surface area contributed by atoms with Crippen LogP contribution in [-0.2, 0) is 11.2 Å². The fourth-order valence-electron chi connectivity index (χ4n) is 0.597. The number of carboxylic acid groups (broad SMARTS) is 1. The van der Waals surface area contributed by atoms with E-state index in [9.17, 15) is 4.79 Å². The lowest BCUT2D eigenvalue weighted by atomic mass is 10.2. The highest BCUT2D eigenvalue weighted by molar-refractivity contribution is 7.08. The number of halogens is 1. The van der Waals surface area contributed by atoms with E-state index in [2.05, 4.69) is 0 Å². The third-order valence-corrected chi connectivity index (χ3v) is 2.30. The van der Waals surface area contributed by atoms with E-state index in [-0.39, 0.29) is 6.42 Å². The zero-order chi connectivity index (χ0) is 7.56. The highest BCUT2D eigenvalue weighted by Gasteiger charge is 2.04. The van der Waals surface area contributed by atoms with Crippen molar-refractivity contribution in [2.24, 2.45) is 0 Å². The number of hydrogen-bond donors (Lipinski definition) is 1. The van der Waals surface area contributed by atoms with E-state index in [0.29, 0.717) is 10.6 Å². The maximum atomic E-state index is 10.2. The molecule has 0 saturated heterocycles. The van der Waals surface area contributed by atoms with Gasteiger partial charge in [0.05, 0.1) is 11.4 Å². The number of hydrogen-bond acceptors (Lipinski definition) is 2. The maximum Gasteiger partial charge on any atom is 0.307 e. The van der Waals surface area contributed by atoms with Crippen LogP contribution in [-0.4, -0.2) is 11.1 Å². The quantitative estimate of drug-likeness (QED) is 0.749. The highest BCUT2D eigenvalue weighted by atomic mass is 35.5. The summed E-state index contributed by atoms with van der Waals surface area (Å²) in [4.78, 5) is 10.2. The van der Waals surface area contributed by atoms with Crippen LogP contribution >= 0.6 is 22.9 Å². The van der Waals surface area contributed by atoms with Gasteiger partial charge in [0, 0.05) is 5.38 Å². The van der Waals surface area contributed by atoms with E-state index in [4.69, 9.17) is 16.7 Å². The summed E-state index contributed by atoms with van der Waals surface area (Å²) in [6.45, 7) is 0. The number of thiophene rings is 1. The average Bonchev–Trinajstić information content (AvgIpc) is 2.15. The van der Waals surface area contributed by atoms with Crippen LogP contribution in [0.5, 0.6) is 0 Å². The maximum absolute atomic E-state index is 10.2. The van der Waals surface area contributed by atoms with E-state index in [1.54, 1.807) is 10.8 Å². The Morgan fingerprint density at radius 3 is 2.80 bits per heavy atom.